The number of nitrogen functional groups attached to an aromatic ring is 1. The van der Waals surface area contributed by atoms with Crippen molar-refractivity contribution in [2.75, 3.05) is 45.6 Å². The second-order valence-electron chi connectivity index (χ2n) is 4.69. The molecule has 6 heteroatoms. The molecule has 1 aliphatic rings. The van der Waals surface area contributed by atoms with Crippen molar-refractivity contribution in [2.24, 2.45) is 0 Å². The number of nitrogens with zero attached hydrogens (tertiary/aromatic N) is 2. The molecule has 3 N–H and O–H groups in total. The zero-order valence-corrected chi connectivity index (χ0v) is 11.1. The van der Waals surface area contributed by atoms with Crippen molar-refractivity contribution in [3.8, 4) is 5.75 Å². The summed E-state index contributed by atoms with van der Waals surface area (Å²) in [4.78, 5) is 14.0. The van der Waals surface area contributed by atoms with Crippen LogP contribution >= 0.6 is 0 Å². The van der Waals surface area contributed by atoms with Crippen LogP contribution in [-0.4, -0.2) is 55.6 Å². The minimum absolute atomic E-state index is 0.00417. The number of amides is 1. The van der Waals surface area contributed by atoms with Crippen molar-refractivity contribution < 1.29 is 9.53 Å². The highest BCUT2D eigenvalue weighted by atomic mass is 16.5. The van der Waals surface area contributed by atoms with Gasteiger partial charge >= 0.3 is 0 Å². The Bertz CT molecular complexity index is 430. The summed E-state index contributed by atoms with van der Waals surface area (Å²) in [6.07, 6.45) is 0. The lowest BCUT2D eigenvalue weighted by Crippen LogP contribution is -2.53. The van der Waals surface area contributed by atoms with Gasteiger partial charge in [-0.05, 0) is 19.2 Å². The Balaban J connectivity index is 1.73. The Kier molecular flexibility index (Phi) is 4.59. The van der Waals surface area contributed by atoms with Crippen LogP contribution in [0.2, 0.25) is 0 Å². The summed E-state index contributed by atoms with van der Waals surface area (Å²) in [5.74, 6) is 0.459. The van der Waals surface area contributed by atoms with Gasteiger partial charge in [0.15, 0.2) is 6.61 Å². The number of nitrogens with two attached hydrogens (primary N) is 1. The van der Waals surface area contributed by atoms with E-state index >= 15 is 0 Å². The molecule has 6 nitrogen and oxygen atoms in total. The number of hydrogen-bond donors (Lipinski definition) is 2. The number of likely N-dealkylation sites (N-methyl/N-ethyl adjacent to an activating group) is 1. The number of anilines is 1. The van der Waals surface area contributed by atoms with Gasteiger partial charge in [0, 0.05) is 37.9 Å². The van der Waals surface area contributed by atoms with Crippen molar-refractivity contribution in [1.82, 2.24) is 15.3 Å². The second-order valence-corrected chi connectivity index (χ2v) is 4.69. The van der Waals surface area contributed by atoms with Gasteiger partial charge in [-0.2, -0.15) is 0 Å². The number of carbonyl (C=O) groups is 1. The first-order valence-corrected chi connectivity index (χ1v) is 6.35. The molecule has 1 saturated heterocycles. The lowest BCUT2D eigenvalue weighted by atomic mass is 10.3. The molecule has 0 spiro atoms. The maximum Gasteiger partial charge on any atom is 0.272 e. The summed E-state index contributed by atoms with van der Waals surface area (Å²) in [5.41, 5.74) is 9.09. The molecular weight excluding hydrogens is 244 g/mol. The third kappa shape index (κ3) is 4.42. The predicted octanol–water partition coefficient (Wildman–Crippen LogP) is -0.0738. The summed E-state index contributed by atoms with van der Waals surface area (Å²) < 4.78 is 5.38. The monoisotopic (exact) mass is 264 g/mol. The van der Waals surface area contributed by atoms with Crippen LogP contribution in [-0.2, 0) is 4.79 Å². The Hall–Kier alpha value is -1.79. The molecule has 0 saturated carbocycles. The number of carbonyl (C=O) groups excluding carboxylic acids is 1. The lowest BCUT2D eigenvalue weighted by Gasteiger charge is -2.32. The van der Waals surface area contributed by atoms with E-state index in [0.717, 1.165) is 26.2 Å². The number of piperazine rings is 1. The molecule has 1 fully saturated rings. The Morgan fingerprint density at radius 1 is 1.37 bits per heavy atom. The van der Waals surface area contributed by atoms with E-state index in [0.29, 0.717) is 11.4 Å². The van der Waals surface area contributed by atoms with E-state index in [4.69, 9.17) is 10.5 Å². The first kappa shape index (κ1) is 13.6. The molecule has 1 aromatic carbocycles. The van der Waals surface area contributed by atoms with E-state index in [9.17, 15) is 4.79 Å². The zero-order chi connectivity index (χ0) is 13.7. The number of ether oxygens (including phenoxy) is 1. The first-order chi connectivity index (χ1) is 9.13. The smallest absolute Gasteiger partial charge is 0.272 e. The van der Waals surface area contributed by atoms with E-state index in [2.05, 4.69) is 17.4 Å². The fourth-order valence-corrected chi connectivity index (χ4v) is 1.88. The van der Waals surface area contributed by atoms with Crippen LogP contribution in [0.1, 0.15) is 0 Å². The van der Waals surface area contributed by atoms with Crippen LogP contribution in [0.4, 0.5) is 5.69 Å². The van der Waals surface area contributed by atoms with Crippen LogP contribution in [0.5, 0.6) is 5.75 Å². The SMILES string of the molecule is CN1CCN(NC(=O)COc2cccc(N)c2)CC1. The third-order valence-electron chi connectivity index (χ3n) is 3.01. The summed E-state index contributed by atoms with van der Waals surface area (Å²) in [5, 5.41) is 1.92. The van der Waals surface area contributed by atoms with E-state index in [1.807, 2.05) is 5.01 Å². The van der Waals surface area contributed by atoms with Gasteiger partial charge in [0.1, 0.15) is 5.75 Å². The number of nitrogens with one attached hydrogen (secondary N) is 1. The molecule has 19 heavy (non-hydrogen) atoms. The van der Waals surface area contributed by atoms with E-state index < -0.39 is 0 Å². The molecule has 1 heterocycles. The number of rotatable bonds is 4. The molecular formula is C13H20N4O2. The van der Waals surface area contributed by atoms with Gasteiger partial charge in [-0.1, -0.05) is 6.07 Å². The lowest BCUT2D eigenvalue weighted by molar-refractivity contribution is -0.128. The maximum atomic E-state index is 11.7. The van der Waals surface area contributed by atoms with Gasteiger partial charge in [0.2, 0.25) is 0 Å². The molecule has 1 aliphatic heterocycles. The molecule has 1 aromatic rings. The van der Waals surface area contributed by atoms with E-state index in [-0.39, 0.29) is 12.5 Å². The van der Waals surface area contributed by atoms with Gasteiger partial charge in [0.05, 0.1) is 0 Å². The predicted molar refractivity (Wildman–Crippen MR) is 73.6 cm³/mol. The highest BCUT2D eigenvalue weighted by molar-refractivity contribution is 5.77. The third-order valence-corrected chi connectivity index (χ3v) is 3.01. The number of benzene rings is 1. The van der Waals surface area contributed by atoms with Gasteiger partial charge in [-0.15, -0.1) is 0 Å². The number of hydrazine groups is 1. The quantitative estimate of drug-likeness (QED) is 0.745. The van der Waals surface area contributed by atoms with Crippen LogP contribution in [0.25, 0.3) is 0 Å². The van der Waals surface area contributed by atoms with Crippen molar-refractivity contribution in [2.45, 2.75) is 0 Å². The van der Waals surface area contributed by atoms with Gasteiger partial charge in [0.25, 0.3) is 5.91 Å². The van der Waals surface area contributed by atoms with Crippen LogP contribution in [0, 0.1) is 0 Å². The minimum Gasteiger partial charge on any atom is -0.484 e. The molecule has 0 unspecified atom stereocenters. The molecule has 0 aliphatic carbocycles. The Labute approximate surface area is 113 Å². The summed E-state index contributed by atoms with van der Waals surface area (Å²) >= 11 is 0. The number of hydrogen-bond acceptors (Lipinski definition) is 5. The Morgan fingerprint density at radius 3 is 2.79 bits per heavy atom. The van der Waals surface area contributed by atoms with Gasteiger partial charge in [-0.3, -0.25) is 10.2 Å². The van der Waals surface area contributed by atoms with Crippen molar-refractivity contribution >= 4 is 11.6 Å². The average molecular weight is 264 g/mol. The standard InChI is InChI=1S/C13H20N4O2/c1-16-5-7-17(8-6-16)15-13(18)10-19-12-4-2-3-11(14)9-12/h2-4,9H,5-8,10,14H2,1H3,(H,15,18). The summed E-state index contributed by atoms with van der Waals surface area (Å²) in [7, 11) is 2.07. The van der Waals surface area contributed by atoms with Gasteiger partial charge < -0.3 is 15.4 Å². The van der Waals surface area contributed by atoms with E-state index in [1.54, 1.807) is 24.3 Å². The first-order valence-electron chi connectivity index (χ1n) is 6.35. The molecule has 0 radical (unpaired) electrons. The molecule has 0 aromatic heterocycles. The van der Waals surface area contributed by atoms with Crippen molar-refractivity contribution in [3.63, 3.8) is 0 Å². The zero-order valence-electron chi connectivity index (χ0n) is 11.1. The van der Waals surface area contributed by atoms with Crippen molar-refractivity contribution in [1.29, 1.82) is 0 Å². The molecule has 0 atom stereocenters. The molecule has 2 rings (SSSR count). The minimum atomic E-state index is -0.146. The average Bonchev–Trinajstić information content (AvgIpc) is 2.39. The largest absolute Gasteiger partial charge is 0.484 e. The highest BCUT2D eigenvalue weighted by Crippen LogP contribution is 2.13. The van der Waals surface area contributed by atoms with E-state index in [1.165, 1.54) is 0 Å². The normalized spacial score (nSPS) is 17.1. The van der Waals surface area contributed by atoms with Crippen molar-refractivity contribution in [3.05, 3.63) is 24.3 Å². The van der Waals surface area contributed by atoms with Gasteiger partial charge in [-0.25, -0.2) is 5.01 Å². The highest BCUT2D eigenvalue weighted by Gasteiger charge is 2.15. The fourth-order valence-electron chi connectivity index (χ4n) is 1.88. The molecule has 0 bridgehead atoms. The summed E-state index contributed by atoms with van der Waals surface area (Å²) in [6, 6.07) is 7.04. The molecule has 1 amide bonds. The topological polar surface area (TPSA) is 70.8 Å². The van der Waals surface area contributed by atoms with Crippen LogP contribution in [0.3, 0.4) is 0 Å². The summed E-state index contributed by atoms with van der Waals surface area (Å²) in [6.45, 7) is 3.57. The van der Waals surface area contributed by atoms with Crippen LogP contribution < -0.4 is 15.9 Å². The van der Waals surface area contributed by atoms with Crippen LogP contribution in [0.15, 0.2) is 24.3 Å². The Morgan fingerprint density at radius 2 is 2.11 bits per heavy atom. The molecule has 104 valence electrons. The maximum absolute atomic E-state index is 11.7. The fraction of sp³-hybridized carbons (Fsp3) is 0.462. The second kappa shape index (κ2) is 6.40.